The number of hydrogen-bond donors (Lipinski definition) is 2. The van der Waals surface area contributed by atoms with Crippen LogP contribution in [0.3, 0.4) is 0 Å². The van der Waals surface area contributed by atoms with Gasteiger partial charge in [0, 0.05) is 5.56 Å². The number of aromatic nitrogens is 4. The molecule has 0 radical (unpaired) electrons. The van der Waals surface area contributed by atoms with Crippen LogP contribution in [0, 0.1) is 6.92 Å². The van der Waals surface area contributed by atoms with Crippen LogP contribution in [-0.4, -0.2) is 25.7 Å². The van der Waals surface area contributed by atoms with E-state index in [0.717, 1.165) is 21.7 Å². The molecular formula is C13H11N5OS. The van der Waals surface area contributed by atoms with E-state index in [1.54, 1.807) is 0 Å². The highest BCUT2D eigenvalue weighted by Gasteiger charge is 2.15. The molecule has 0 aliphatic heterocycles. The number of nitrogens with one attached hydrogen (secondary N) is 1. The molecule has 0 spiro atoms. The maximum Gasteiger partial charge on any atom is 0.271 e. The minimum atomic E-state index is -0.604. The molecule has 0 fully saturated rings. The Morgan fingerprint density at radius 3 is 2.75 bits per heavy atom. The lowest BCUT2D eigenvalue weighted by atomic mass is 10.1. The maximum atomic E-state index is 11.3. The van der Waals surface area contributed by atoms with Gasteiger partial charge in [-0.05, 0) is 36.2 Å². The van der Waals surface area contributed by atoms with Gasteiger partial charge in [-0.15, -0.1) is 0 Å². The molecular weight excluding hydrogens is 274 g/mol. The van der Waals surface area contributed by atoms with Gasteiger partial charge in [-0.25, -0.2) is 0 Å². The highest BCUT2D eigenvalue weighted by atomic mass is 32.1. The second-order valence-corrected chi connectivity index (χ2v) is 5.10. The molecule has 0 bridgehead atoms. The molecule has 3 rings (SSSR count). The summed E-state index contributed by atoms with van der Waals surface area (Å²) in [7, 11) is 0. The zero-order valence-electron chi connectivity index (χ0n) is 10.6. The van der Waals surface area contributed by atoms with Crippen LogP contribution >= 0.6 is 11.5 Å². The zero-order valence-corrected chi connectivity index (χ0v) is 11.4. The molecule has 0 saturated carbocycles. The quantitative estimate of drug-likeness (QED) is 0.769. The summed E-state index contributed by atoms with van der Waals surface area (Å²) in [6.45, 7) is 1.95. The van der Waals surface area contributed by atoms with Gasteiger partial charge in [0.05, 0.1) is 10.6 Å². The number of aryl methyl sites for hydroxylation is 1. The summed E-state index contributed by atoms with van der Waals surface area (Å²) < 4.78 is 4.26. The largest absolute Gasteiger partial charge is 0.364 e. The smallest absolute Gasteiger partial charge is 0.271 e. The molecule has 0 atom stereocenters. The average Bonchev–Trinajstić information content (AvgIpc) is 3.07. The molecule has 1 aromatic carbocycles. The van der Waals surface area contributed by atoms with Crippen molar-refractivity contribution in [1.82, 2.24) is 19.8 Å². The third-order valence-electron chi connectivity index (χ3n) is 2.83. The Morgan fingerprint density at radius 2 is 2.05 bits per heavy atom. The van der Waals surface area contributed by atoms with Crippen molar-refractivity contribution < 1.29 is 4.79 Å². The van der Waals surface area contributed by atoms with Gasteiger partial charge in [-0.3, -0.25) is 4.79 Å². The molecule has 6 nitrogen and oxygen atoms in total. The van der Waals surface area contributed by atoms with Gasteiger partial charge < -0.3 is 5.73 Å². The van der Waals surface area contributed by atoms with Crippen LogP contribution in [0.5, 0.6) is 0 Å². The first-order valence-corrected chi connectivity index (χ1v) is 6.67. The minimum Gasteiger partial charge on any atom is -0.364 e. The number of carbonyl (C=O) groups excluding carboxylic acids is 1. The van der Waals surface area contributed by atoms with E-state index in [1.807, 2.05) is 37.3 Å². The van der Waals surface area contributed by atoms with Crippen molar-refractivity contribution in [3.8, 4) is 21.7 Å². The number of primary amides is 1. The standard InChI is InChI=1S/C13H11N5OS/c1-7-5-10(20-17-7)8-3-2-4-9(6-8)11-12(13(14)19)16-18-15-11/h2-6H,1H3,(H2,14,19)(H,15,16,18). The van der Waals surface area contributed by atoms with E-state index in [0.29, 0.717) is 5.69 Å². The molecule has 0 saturated heterocycles. The Kier molecular flexibility index (Phi) is 3.03. The number of hydrogen-bond acceptors (Lipinski definition) is 5. The Bertz CT molecular complexity index is 776. The zero-order chi connectivity index (χ0) is 14.1. The van der Waals surface area contributed by atoms with E-state index in [4.69, 9.17) is 5.73 Å². The molecule has 3 aromatic rings. The highest BCUT2D eigenvalue weighted by Crippen LogP contribution is 2.29. The van der Waals surface area contributed by atoms with Crippen molar-refractivity contribution in [2.24, 2.45) is 5.73 Å². The molecule has 3 N–H and O–H groups in total. The summed E-state index contributed by atoms with van der Waals surface area (Å²) in [5.74, 6) is -0.604. The Balaban J connectivity index is 2.07. The van der Waals surface area contributed by atoms with Gasteiger partial charge in [0.2, 0.25) is 0 Å². The fourth-order valence-corrected chi connectivity index (χ4v) is 2.67. The first kappa shape index (κ1) is 12.5. The van der Waals surface area contributed by atoms with E-state index in [-0.39, 0.29) is 5.69 Å². The maximum absolute atomic E-state index is 11.3. The summed E-state index contributed by atoms with van der Waals surface area (Å²) in [6.07, 6.45) is 0. The number of benzene rings is 1. The lowest BCUT2D eigenvalue weighted by molar-refractivity contribution is 0.0996. The van der Waals surface area contributed by atoms with Crippen molar-refractivity contribution in [2.45, 2.75) is 6.92 Å². The predicted molar refractivity (Wildman–Crippen MR) is 76.2 cm³/mol. The average molecular weight is 285 g/mol. The van der Waals surface area contributed by atoms with Gasteiger partial charge in [-0.1, -0.05) is 18.2 Å². The first-order chi connectivity index (χ1) is 9.65. The number of aromatic amines is 1. The minimum absolute atomic E-state index is 0.141. The highest BCUT2D eigenvalue weighted by molar-refractivity contribution is 7.09. The number of H-pyrrole nitrogens is 1. The molecule has 0 aliphatic carbocycles. The molecule has 1 amide bonds. The monoisotopic (exact) mass is 285 g/mol. The second-order valence-electron chi connectivity index (χ2n) is 4.30. The van der Waals surface area contributed by atoms with Crippen molar-refractivity contribution >= 4 is 17.4 Å². The van der Waals surface area contributed by atoms with Crippen LogP contribution in [-0.2, 0) is 0 Å². The first-order valence-electron chi connectivity index (χ1n) is 5.90. The van der Waals surface area contributed by atoms with Crippen LogP contribution in [0.4, 0.5) is 0 Å². The molecule has 0 aliphatic rings. The molecule has 2 aromatic heterocycles. The van der Waals surface area contributed by atoms with Gasteiger partial charge in [0.1, 0.15) is 5.69 Å². The summed E-state index contributed by atoms with van der Waals surface area (Å²) in [5, 5.41) is 10.2. The van der Waals surface area contributed by atoms with Crippen LogP contribution in [0.2, 0.25) is 0 Å². The third kappa shape index (κ3) is 2.19. The molecule has 2 heterocycles. The summed E-state index contributed by atoms with van der Waals surface area (Å²) >= 11 is 1.43. The Labute approximate surface area is 118 Å². The molecule has 0 unspecified atom stereocenters. The fourth-order valence-electron chi connectivity index (χ4n) is 1.92. The summed E-state index contributed by atoms with van der Waals surface area (Å²) in [6, 6.07) is 9.71. The molecule has 7 heteroatoms. The van der Waals surface area contributed by atoms with Gasteiger partial charge >= 0.3 is 0 Å². The van der Waals surface area contributed by atoms with Crippen LogP contribution in [0.25, 0.3) is 21.7 Å². The Hall–Kier alpha value is -2.54. The van der Waals surface area contributed by atoms with Gasteiger partial charge in [-0.2, -0.15) is 19.8 Å². The predicted octanol–water partition coefficient (Wildman–Crippen LogP) is 2.00. The SMILES string of the molecule is Cc1cc(-c2cccc(-c3n[nH]nc3C(N)=O)c2)sn1. The van der Waals surface area contributed by atoms with E-state index in [1.165, 1.54) is 11.5 Å². The van der Waals surface area contributed by atoms with Crippen molar-refractivity contribution in [1.29, 1.82) is 0 Å². The van der Waals surface area contributed by atoms with E-state index >= 15 is 0 Å². The third-order valence-corrected chi connectivity index (χ3v) is 3.76. The van der Waals surface area contributed by atoms with E-state index in [2.05, 4.69) is 19.8 Å². The molecule has 100 valence electrons. The van der Waals surface area contributed by atoms with Crippen molar-refractivity contribution in [3.05, 3.63) is 41.7 Å². The summed E-state index contributed by atoms with van der Waals surface area (Å²) in [5.41, 5.74) is 8.67. The van der Waals surface area contributed by atoms with Crippen molar-refractivity contribution in [3.63, 3.8) is 0 Å². The number of carbonyl (C=O) groups is 1. The number of nitrogens with two attached hydrogens (primary N) is 1. The fraction of sp³-hybridized carbons (Fsp3) is 0.0769. The van der Waals surface area contributed by atoms with Crippen LogP contribution in [0.1, 0.15) is 16.2 Å². The number of amides is 1. The number of nitrogens with zero attached hydrogens (tertiary/aromatic N) is 3. The number of rotatable bonds is 3. The van der Waals surface area contributed by atoms with E-state index in [9.17, 15) is 4.79 Å². The Morgan fingerprint density at radius 1 is 1.25 bits per heavy atom. The topological polar surface area (TPSA) is 97.5 Å². The summed E-state index contributed by atoms with van der Waals surface area (Å²) in [4.78, 5) is 12.4. The van der Waals surface area contributed by atoms with Crippen LogP contribution in [0.15, 0.2) is 30.3 Å². The van der Waals surface area contributed by atoms with Gasteiger partial charge in [0.15, 0.2) is 5.69 Å². The van der Waals surface area contributed by atoms with Crippen LogP contribution < -0.4 is 5.73 Å². The lowest BCUT2D eigenvalue weighted by Gasteiger charge is -2.01. The molecule has 20 heavy (non-hydrogen) atoms. The second kappa shape index (κ2) is 4.86. The van der Waals surface area contributed by atoms with Crippen molar-refractivity contribution in [2.75, 3.05) is 0 Å². The van der Waals surface area contributed by atoms with Gasteiger partial charge in [0.25, 0.3) is 5.91 Å². The normalized spacial score (nSPS) is 10.7. The lowest BCUT2D eigenvalue weighted by Crippen LogP contribution is -2.12. The van der Waals surface area contributed by atoms with E-state index < -0.39 is 5.91 Å².